The minimum absolute atomic E-state index is 0.00430. The summed E-state index contributed by atoms with van der Waals surface area (Å²) in [5.74, 6) is -1.59. The minimum Gasteiger partial charge on any atom is -0.348 e. The van der Waals surface area contributed by atoms with Crippen molar-refractivity contribution in [2.75, 3.05) is 43.2 Å². The summed E-state index contributed by atoms with van der Waals surface area (Å²) in [7, 11) is -3.46. The average Bonchev–Trinajstić information content (AvgIpc) is 3.25. The van der Waals surface area contributed by atoms with Crippen molar-refractivity contribution in [3.8, 4) is 0 Å². The molecule has 15 heteroatoms. The fraction of sp³-hybridized carbons (Fsp3) is 0.407. The van der Waals surface area contributed by atoms with E-state index < -0.39 is 51.3 Å². The minimum atomic E-state index is -3.46. The van der Waals surface area contributed by atoms with E-state index in [1.807, 2.05) is 31.2 Å². The molecule has 0 unspecified atom stereocenters. The van der Waals surface area contributed by atoms with Crippen LogP contribution in [0.25, 0.3) is 11.2 Å². The number of nitrogens with one attached hydrogen (secondary N) is 1. The molecule has 0 saturated carbocycles. The van der Waals surface area contributed by atoms with Crippen LogP contribution in [-0.4, -0.2) is 94.6 Å². The molecule has 1 aromatic carbocycles. The van der Waals surface area contributed by atoms with Gasteiger partial charge in [0, 0.05) is 25.9 Å². The van der Waals surface area contributed by atoms with Crippen LogP contribution in [0, 0.1) is 6.92 Å². The molecular formula is C27H30FN7O6S. The number of urea groups is 1. The number of hydrogen-bond donors (Lipinski definition) is 1. The van der Waals surface area contributed by atoms with Crippen molar-refractivity contribution in [1.82, 2.24) is 29.7 Å². The van der Waals surface area contributed by atoms with Crippen molar-refractivity contribution in [2.24, 2.45) is 0 Å². The van der Waals surface area contributed by atoms with E-state index in [-0.39, 0.29) is 55.3 Å². The topological polar surface area (TPSA) is 155 Å². The molecule has 4 amide bonds. The molecule has 42 heavy (non-hydrogen) atoms. The zero-order chi connectivity index (χ0) is 30.4. The van der Waals surface area contributed by atoms with E-state index in [9.17, 15) is 32.0 Å². The Labute approximate surface area is 240 Å². The molecule has 0 atom stereocenters. The number of halogens is 1. The number of amides is 4. The molecule has 2 fully saturated rings. The van der Waals surface area contributed by atoms with Crippen LogP contribution in [0.5, 0.6) is 0 Å². The zero-order valence-electron chi connectivity index (χ0n) is 23.3. The van der Waals surface area contributed by atoms with Gasteiger partial charge in [0.25, 0.3) is 11.5 Å². The fourth-order valence-electron chi connectivity index (χ4n) is 4.91. The Bertz CT molecular complexity index is 1750. The number of sulfone groups is 1. The lowest BCUT2D eigenvalue weighted by molar-refractivity contribution is -0.144. The molecule has 2 aliphatic rings. The van der Waals surface area contributed by atoms with E-state index in [0.29, 0.717) is 0 Å². The van der Waals surface area contributed by atoms with Gasteiger partial charge in [-0.05, 0) is 25.5 Å². The lowest BCUT2D eigenvalue weighted by Crippen LogP contribution is -2.60. The first-order valence-electron chi connectivity index (χ1n) is 13.2. The Kier molecular flexibility index (Phi) is 7.47. The summed E-state index contributed by atoms with van der Waals surface area (Å²) in [6.07, 6.45) is 2.27. The maximum absolute atomic E-state index is 14.0. The number of rotatable bonds is 8. The van der Waals surface area contributed by atoms with E-state index in [1.165, 1.54) is 29.0 Å². The maximum Gasteiger partial charge on any atom is 0.326 e. The van der Waals surface area contributed by atoms with Gasteiger partial charge in [0.1, 0.15) is 29.2 Å². The third-order valence-electron chi connectivity index (χ3n) is 7.05. The van der Waals surface area contributed by atoms with E-state index in [0.717, 1.165) is 26.8 Å². The highest BCUT2D eigenvalue weighted by atomic mass is 32.2. The standard InChI is InChI=1S/C27H30FN7O6S/c1-17-4-6-18(7-5-17)11-30-24(37)19-10-20-23(35(25(19)38)13-22(36)33-14-27(2,28)15-33)29-12-21(31-20)34-9-8-32(26(34)39)16-42(3,40)41/h4-7,10,12H,8-9,11,13-16H2,1-3H3,(H,30,37). The Morgan fingerprint density at radius 1 is 1.12 bits per heavy atom. The van der Waals surface area contributed by atoms with Crippen LogP contribution in [0.3, 0.4) is 0 Å². The first-order valence-corrected chi connectivity index (χ1v) is 15.2. The summed E-state index contributed by atoms with van der Waals surface area (Å²) in [5.41, 5.74) is -0.663. The highest BCUT2D eigenvalue weighted by molar-refractivity contribution is 7.90. The largest absolute Gasteiger partial charge is 0.348 e. The monoisotopic (exact) mass is 599 g/mol. The smallest absolute Gasteiger partial charge is 0.326 e. The second-order valence-corrected chi connectivity index (χ2v) is 13.1. The first-order chi connectivity index (χ1) is 19.7. The van der Waals surface area contributed by atoms with E-state index >= 15 is 0 Å². The number of hydrogen-bond acceptors (Lipinski definition) is 8. The van der Waals surface area contributed by atoms with Gasteiger partial charge >= 0.3 is 6.03 Å². The molecule has 0 radical (unpaired) electrons. The number of carbonyl (C=O) groups is 3. The molecule has 3 aromatic rings. The Hall–Kier alpha value is -4.40. The highest BCUT2D eigenvalue weighted by Crippen LogP contribution is 2.25. The van der Waals surface area contributed by atoms with Crippen LogP contribution in [-0.2, 0) is 27.7 Å². The number of aromatic nitrogens is 3. The molecule has 0 bridgehead atoms. The molecule has 2 saturated heterocycles. The number of fused-ring (bicyclic) bond motifs is 1. The molecular weight excluding hydrogens is 569 g/mol. The highest BCUT2D eigenvalue weighted by Gasteiger charge is 2.41. The van der Waals surface area contributed by atoms with Crippen LogP contribution < -0.4 is 15.8 Å². The Morgan fingerprint density at radius 2 is 1.81 bits per heavy atom. The van der Waals surface area contributed by atoms with Gasteiger partial charge in [0.15, 0.2) is 21.3 Å². The average molecular weight is 600 g/mol. The number of carbonyl (C=O) groups excluding carboxylic acids is 3. The molecule has 1 N–H and O–H groups in total. The van der Waals surface area contributed by atoms with Gasteiger partial charge in [-0.25, -0.2) is 27.6 Å². The number of alkyl halides is 1. The molecule has 5 rings (SSSR count). The number of pyridine rings is 1. The van der Waals surface area contributed by atoms with Gasteiger partial charge in [0.05, 0.1) is 19.3 Å². The Morgan fingerprint density at radius 3 is 2.45 bits per heavy atom. The molecule has 2 aromatic heterocycles. The van der Waals surface area contributed by atoms with Crippen LogP contribution in [0.15, 0.2) is 41.3 Å². The molecule has 4 heterocycles. The third kappa shape index (κ3) is 6.10. The predicted molar refractivity (Wildman–Crippen MR) is 151 cm³/mol. The predicted octanol–water partition coefficient (Wildman–Crippen LogP) is 0.844. The van der Waals surface area contributed by atoms with Gasteiger partial charge in [-0.15, -0.1) is 0 Å². The first kappa shape index (κ1) is 29.1. The second kappa shape index (κ2) is 10.8. The van der Waals surface area contributed by atoms with E-state index in [4.69, 9.17) is 0 Å². The zero-order valence-corrected chi connectivity index (χ0v) is 24.1. The van der Waals surface area contributed by atoms with Crippen molar-refractivity contribution in [3.05, 3.63) is 63.6 Å². The summed E-state index contributed by atoms with van der Waals surface area (Å²) in [4.78, 5) is 64.9. The van der Waals surface area contributed by atoms with Crippen LogP contribution in [0.2, 0.25) is 0 Å². The van der Waals surface area contributed by atoms with Gasteiger partial charge in [-0.2, -0.15) is 0 Å². The van der Waals surface area contributed by atoms with Gasteiger partial charge in [-0.1, -0.05) is 29.8 Å². The lowest BCUT2D eigenvalue weighted by Gasteiger charge is -2.42. The molecule has 13 nitrogen and oxygen atoms in total. The lowest BCUT2D eigenvalue weighted by atomic mass is 9.99. The Balaban J connectivity index is 1.49. The van der Waals surface area contributed by atoms with Gasteiger partial charge < -0.3 is 15.1 Å². The number of aryl methyl sites for hydroxylation is 1. The van der Waals surface area contributed by atoms with Crippen molar-refractivity contribution >= 4 is 44.7 Å². The normalized spacial score (nSPS) is 16.6. The second-order valence-electron chi connectivity index (χ2n) is 11.0. The quantitative estimate of drug-likeness (QED) is 0.400. The van der Waals surface area contributed by atoms with Crippen molar-refractivity contribution in [2.45, 2.75) is 32.6 Å². The van der Waals surface area contributed by atoms with E-state index in [1.54, 1.807) is 0 Å². The van der Waals surface area contributed by atoms with Crippen molar-refractivity contribution < 1.29 is 27.2 Å². The molecule has 0 spiro atoms. The molecule has 222 valence electrons. The van der Waals surface area contributed by atoms with E-state index in [2.05, 4.69) is 15.3 Å². The van der Waals surface area contributed by atoms with Crippen LogP contribution in [0.1, 0.15) is 28.4 Å². The van der Waals surface area contributed by atoms with Crippen molar-refractivity contribution in [1.29, 1.82) is 0 Å². The number of anilines is 1. The van der Waals surface area contributed by atoms with Crippen molar-refractivity contribution in [3.63, 3.8) is 0 Å². The third-order valence-corrected chi connectivity index (χ3v) is 7.83. The number of likely N-dealkylation sites (tertiary alicyclic amines) is 1. The number of nitrogens with zero attached hydrogens (tertiary/aromatic N) is 6. The molecule has 0 aliphatic carbocycles. The summed E-state index contributed by atoms with van der Waals surface area (Å²) < 4.78 is 38.5. The summed E-state index contributed by atoms with van der Waals surface area (Å²) in [5, 5.41) is 2.71. The number of benzene rings is 1. The summed E-state index contributed by atoms with van der Waals surface area (Å²) in [6, 6.07) is 8.13. The SMILES string of the molecule is Cc1ccc(CNC(=O)c2cc3nc(N4CCN(CS(C)(=O)=O)C4=O)cnc3n(CC(=O)N3CC(C)(F)C3)c2=O)cc1. The fourth-order valence-corrected chi connectivity index (χ4v) is 5.72. The van der Waals surface area contributed by atoms with Gasteiger partial charge in [0.2, 0.25) is 5.91 Å². The summed E-state index contributed by atoms with van der Waals surface area (Å²) >= 11 is 0. The maximum atomic E-state index is 14.0. The summed E-state index contributed by atoms with van der Waals surface area (Å²) in [6.45, 7) is 3.01. The molecule has 2 aliphatic heterocycles. The van der Waals surface area contributed by atoms with Crippen LogP contribution in [0.4, 0.5) is 15.0 Å². The van der Waals surface area contributed by atoms with Gasteiger partial charge in [-0.3, -0.25) is 23.9 Å². The van der Waals surface area contributed by atoms with Crippen LogP contribution >= 0.6 is 0 Å².